The Morgan fingerprint density at radius 1 is 0.418 bits per heavy atom. The highest BCUT2D eigenvalue weighted by molar-refractivity contribution is 7.91. The maximum atomic E-state index is 14.6. The molecular weight excluding hydrogens is 869 g/mol. The molecule has 344 valence electrons. The number of aromatic nitrogens is 2. The Labute approximate surface area is 390 Å². The Kier molecular flexibility index (Phi) is 13.7. The molecule has 2 aromatic heterocycles. The van der Waals surface area contributed by atoms with Crippen LogP contribution in [0.15, 0.2) is 134 Å². The summed E-state index contributed by atoms with van der Waals surface area (Å²) in [6.07, 6.45) is 1.56. The fourth-order valence-corrected chi connectivity index (χ4v) is 9.24. The second kappa shape index (κ2) is 19.9. The number of hydrogen-bond acceptors (Lipinski definition) is 12. The molecule has 0 saturated heterocycles. The Hall–Kier alpha value is -7.51. The van der Waals surface area contributed by atoms with Crippen molar-refractivity contribution in [1.82, 2.24) is 9.97 Å². The molecule has 0 aliphatic rings. The zero-order valence-corrected chi connectivity index (χ0v) is 39.5. The van der Waals surface area contributed by atoms with Crippen LogP contribution in [0.2, 0.25) is 0 Å². The van der Waals surface area contributed by atoms with Crippen molar-refractivity contribution in [3.63, 3.8) is 0 Å². The minimum Gasteiger partial charge on any atom is -0.493 e. The predicted octanol–water partition coefficient (Wildman–Crippen LogP) is 12.0. The second-order valence-corrected chi connectivity index (χ2v) is 18.3. The van der Waals surface area contributed by atoms with E-state index < -0.39 is 22.0 Å². The fourth-order valence-electron chi connectivity index (χ4n) is 7.66. The third kappa shape index (κ3) is 10.6. The van der Waals surface area contributed by atoms with E-state index in [4.69, 9.17) is 37.9 Å². The van der Waals surface area contributed by atoms with E-state index in [0.717, 1.165) is 33.0 Å². The van der Waals surface area contributed by atoms with E-state index in [9.17, 15) is 8.42 Å². The van der Waals surface area contributed by atoms with Gasteiger partial charge in [-0.15, -0.1) is 0 Å². The lowest BCUT2D eigenvalue weighted by molar-refractivity contribution is 0.221. The van der Waals surface area contributed by atoms with Gasteiger partial charge in [-0.3, -0.25) is 9.97 Å². The minimum atomic E-state index is -3.91. The van der Waals surface area contributed by atoms with Crippen molar-refractivity contribution in [2.45, 2.75) is 39.9 Å². The molecule has 8 rings (SSSR count). The summed E-state index contributed by atoms with van der Waals surface area (Å²) in [5.41, 5.74) is 6.86. The van der Waals surface area contributed by atoms with E-state index in [-0.39, 0.29) is 11.5 Å². The number of ether oxygens (including phenoxy) is 8. The monoisotopic (exact) mass is 920 g/mol. The third-order valence-electron chi connectivity index (χ3n) is 11.7. The summed E-state index contributed by atoms with van der Waals surface area (Å²) in [6, 6.07) is 36.7. The number of methoxy groups -OCH3 is 4. The summed E-state index contributed by atoms with van der Waals surface area (Å²) in [5.74, 6) is 4.81. The lowest BCUT2D eigenvalue weighted by Gasteiger charge is -2.24. The van der Waals surface area contributed by atoms with Gasteiger partial charge in [-0.2, -0.15) is 0 Å². The van der Waals surface area contributed by atoms with Crippen molar-refractivity contribution in [2.75, 3.05) is 39.9 Å². The van der Waals surface area contributed by atoms with Gasteiger partial charge in [0, 0.05) is 35.3 Å². The number of hydrogen-bond donors (Lipinski definition) is 0. The molecule has 0 spiro atoms. The van der Waals surface area contributed by atoms with Gasteiger partial charge >= 0.3 is 0 Å². The number of benzene rings is 6. The Morgan fingerprint density at radius 3 is 1.13 bits per heavy atom. The number of sulfone groups is 1. The van der Waals surface area contributed by atoms with E-state index in [1.807, 2.05) is 100 Å². The molecule has 0 radical (unpaired) electrons. The van der Waals surface area contributed by atoms with Crippen molar-refractivity contribution < 1.29 is 46.3 Å². The third-order valence-corrected chi connectivity index (χ3v) is 13.3. The van der Waals surface area contributed by atoms with E-state index in [0.29, 0.717) is 79.7 Å². The number of nitrogens with zero attached hydrogens (tertiary/aromatic N) is 2. The van der Waals surface area contributed by atoms with Crippen LogP contribution in [0.1, 0.15) is 45.6 Å². The van der Waals surface area contributed by atoms with Crippen LogP contribution < -0.4 is 37.9 Å². The highest BCUT2D eigenvalue weighted by Crippen LogP contribution is 2.39. The lowest BCUT2D eigenvalue weighted by atomic mass is 10.1. The predicted molar refractivity (Wildman–Crippen MR) is 260 cm³/mol. The van der Waals surface area contributed by atoms with Crippen LogP contribution in [-0.4, -0.2) is 58.3 Å². The van der Waals surface area contributed by atoms with Gasteiger partial charge in [-0.1, -0.05) is 36.4 Å². The minimum absolute atomic E-state index is 0.339. The maximum Gasteiger partial charge on any atom is 0.162 e. The molecule has 6 aromatic carbocycles. The topological polar surface area (TPSA) is 134 Å². The van der Waals surface area contributed by atoms with E-state index in [1.54, 1.807) is 89.4 Å². The number of pyridine rings is 2. The number of rotatable bonds is 18. The van der Waals surface area contributed by atoms with Crippen LogP contribution in [0.5, 0.6) is 57.5 Å². The van der Waals surface area contributed by atoms with Crippen LogP contribution in [0.3, 0.4) is 0 Å². The second-order valence-electron chi connectivity index (χ2n) is 16.2. The van der Waals surface area contributed by atoms with Crippen LogP contribution in [-0.2, 0) is 9.84 Å². The summed E-state index contributed by atoms with van der Waals surface area (Å²) >= 11 is 0. The first-order chi connectivity index (χ1) is 32.3. The maximum absolute atomic E-state index is 14.6. The summed E-state index contributed by atoms with van der Waals surface area (Å²) in [5, 5.41) is 1.46. The molecule has 0 amide bonds. The fraction of sp³-hybridized carbons (Fsp3) is 0.222. The van der Waals surface area contributed by atoms with Crippen LogP contribution in [0.4, 0.5) is 0 Å². The zero-order valence-electron chi connectivity index (χ0n) is 38.7. The number of fused-ring (bicyclic) bond motifs is 2. The standard InChI is InChI=1S/C54H52N2O10S/c1-33-9-15-41(25-35(33)3)65-53(37-11-17-39(18-12-37)63-47-21-23-55-45-29-51(61-7)49(59-5)27-43(45)47)31-67(57,58)32-54(66-42-16-10-34(2)36(4)26-42)38-13-19-40(20-14-38)64-48-22-24-56-46-30-52(62-8)50(60-6)28-44(46)48/h9-30,53-54H,31-32H2,1-8H3. The SMILES string of the molecule is COc1cc2nccc(Oc3ccc(C(CS(=O)(=O)CC(Oc4ccc(C)c(C)c4)c4ccc(Oc5ccnc6cc(OC)c(OC)cc56)cc4)Oc4ccc(C)c(C)c4)cc3)c2cc1OC. The molecule has 2 unspecified atom stereocenters. The molecule has 67 heavy (non-hydrogen) atoms. The summed E-state index contributed by atoms with van der Waals surface area (Å²) in [7, 11) is 2.38. The summed E-state index contributed by atoms with van der Waals surface area (Å²) in [4.78, 5) is 8.97. The smallest absolute Gasteiger partial charge is 0.162 e. The van der Waals surface area contributed by atoms with Gasteiger partial charge in [0.15, 0.2) is 32.8 Å². The first-order valence-corrected chi connectivity index (χ1v) is 23.4. The van der Waals surface area contributed by atoms with Gasteiger partial charge < -0.3 is 37.9 Å². The van der Waals surface area contributed by atoms with Gasteiger partial charge in [-0.25, -0.2) is 8.42 Å². The molecule has 12 nitrogen and oxygen atoms in total. The van der Waals surface area contributed by atoms with E-state index >= 15 is 0 Å². The molecule has 0 N–H and O–H groups in total. The van der Waals surface area contributed by atoms with Crippen molar-refractivity contribution >= 4 is 31.6 Å². The molecule has 0 bridgehead atoms. The average Bonchev–Trinajstić information content (AvgIpc) is 3.33. The molecule has 0 fully saturated rings. The highest BCUT2D eigenvalue weighted by atomic mass is 32.2. The molecule has 0 saturated carbocycles. The number of aryl methyl sites for hydroxylation is 4. The molecule has 0 aliphatic heterocycles. The molecule has 2 heterocycles. The largest absolute Gasteiger partial charge is 0.493 e. The van der Waals surface area contributed by atoms with Gasteiger partial charge in [0.1, 0.15) is 46.7 Å². The first kappa shape index (κ1) is 46.0. The Morgan fingerprint density at radius 2 is 0.776 bits per heavy atom. The quantitative estimate of drug-likeness (QED) is 0.0811. The Balaban J connectivity index is 1.08. The highest BCUT2D eigenvalue weighted by Gasteiger charge is 2.29. The zero-order chi connectivity index (χ0) is 47.2. The molecular formula is C54H52N2O10S. The van der Waals surface area contributed by atoms with Gasteiger partial charge in [0.25, 0.3) is 0 Å². The molecule has 0 aliphatic carbocycles. The van der Waals surface area contributed by atoms with E-state index in [1.165, 1.54) is 0 Å². The molecule has 13 heteroatoms. The summed E-state index contributed by atoms with van der Waals surface area (Å²) < 4.78 is 77.1. The van der Waals surface area contributed by atoms with Crippen LogP contribution in [0, 0.1) is 27.7 Å². The Bertz CT molecular complexity index is 2950. The van der Waals surface area contributed by atoms with Gasteiger partial charge in [0.05, 0.1) is 51.0 Å². The van der Waals surface area contributed by atoms with Crippen LogP contribution >= 0.6 is 0 Å². The summed E-state index contributed by atoms with van der Waals surface area (Å²) in [6.45, 7) is 8.02. The first-order valence-electron chi connectivity index (χ1n) is 21.6. The molecule has 2 atom stereocenters. The van der Waals surface area contributed by atoms with Gasteiger partial charge in [0.2, 0.25) is 0 Å². The lowest BCUT2D eigenvalue weighted by Crippen LogP contribution is -2.26. The van der Waals surface area contributed by atoms with Crippen molar-refractivity contribution in [3.8, 4) is 57.5 Å². The van der Waals surface area contributed by atoms with Gasteiger partial charge in [-0.05, 0) is 134 Å². The molecule has 8 aromatic rings. The van der Waals surface area contributed by atoms with Crippen molar-refractivity contribution in [1.29, 1.82) is 0 Å². The average molecular weight is 921 g/mol. The van der Waals surface area contributed by atoms with E-state index in [2.05, 4.69) is 9.97 Å². The van der Waals surface area contributed by atoms with Crippen molar-refractivity contribution in [3.05, 3.63) is 167 Å². The normalized spacial score (nSPS) is 12.3. The van der Waals surface area contributed by atoms with Crippen molar-refractivity contribution in [2.24, 2.45) is 0 Å². The van der Waals surface area contributed by atoms with Crippen LogP contribution in [0.25, 0.3) is 21.8 Å².